The Morgan fingerprint density at radius 3 is 2.37 bits per heavy atom. The molecule has 6 heteroatoms. The topological polar surface area (TPSA) is 79.5 Å². The second-order valence-electron chi connectivity index (χ2n) is 8.90. The highest BCUT2D eigenvalue weighted by atomic mass is 16.5. The molecule has 4 rings (SSSR count). The maximum Gasteiger partial charge on any atom is 0.251 e. The third-order valence-electron chi connectivity index (χ3n) is 6.16. The SMILES string of the molecule is O=C(CNc1cccc(OCCc2ccccc2)c1)Nc1ccc(C(=O)NC2CCCCC2)cc1. The van der Waals surface area contributed by atoms with E-state index >= 15 is 0 Å². The predicted molar refractivity (Wildman–Crippen MR) is 140 cm³/mol. The summed E-state index contributed by atoms with van der Waals surface area (Å²) in [7, 11) is 0. The van der Waals surface area contributed by atoms with E-state index in [4.69, 9.17) is 4.74 Å². The summed E-state index contributed by atoms with van der Waals surface area (Å²) in [4.78, 5) is 24.8. The van der Waals surface area contributed by atoms with Gasteiger partial charge in [-0.3, -0.25) is 9.59 Å². The third-order valence-corrected chi connectivity index (χ3v) is 6.16. The number of hydrogen-bond donors (Lipinski definition) is 3. The van der Waals surface area contributed by atoms with Gasteiger partial charge in [0, 0.05) is 35.5 Å². The first kappa shape index (κ1) is 24.3. The van der Waals surface area contributed by atoms with E-state index < -0.39 is 0 Å². The van der Waals surface area contributed by atoms with E-state index in [2.05, 4.69) is 28.1 Å². The second kappa shape index (κ2) is 12.6. The highest BCUT2D eigenvalue weighted by Crippen LogP contribution is 2.19. The Kier molecular flexibility index (Phi) is 8.76. The van der Waals surface area contributed by atoms with Crippen LogP contribution in [0.5, 0.6) is 5.75 Å². The number of hydrogen-bond acceptors (Lipinski definition) is 4. The van der Waals surface area contributed by atoms with Gasteiger partial charge < -0.3 is 20.7 Å². The van der Waals surface area contributed by atoms with Gasteiger partial charge in [-0.2, -0.15) is 0 Å². The minimum Gasteiger partial charge on any atom is -0.493 e. The maximum atomic E-state index is 12.5. The molecule has 0 radical (unpaired) electrons. The molecule has 3 aromatic rings. The highest BCUT2D eigenvalue weighted by molar-refractivity contribution is 5.96. The Balaban J connectivity index is 1.20. The maximum absolute atomic E-state index is 12.5. The van der Waals surface area contributed by atoms with E-state index in [-0.39, 0.29) is 24.4 Å². The van der Waals surface area contributed by atoms with Crippen molar-refractivity contribution in [2.75, 3.05) is 23.8 Å². The average Bonchev–Trinajstić information content (AvgIpc) is 2.89. The Morgan fingerprint density at radius 1 is 0.829 bits per heavy atom. The summed E-state index contributed by atoms with van der Waals surface area (Å²) in [5, 5.41) is 9.11. The molecule has 182 valence electrons. The first-order chi connectivity index (χ1) is 17.2. The van der Waals surface area contributed by atoms with Crippen LogP contribution in [0, 0.1) is 0 Å². The van der Waals surface area contributed by atoms with Gasteiger partial charge in [0.25, 0.3) is 5.91 Å². The number of rotatable bonds is 10. The lowest BCUT2D eigenvalue weighted by Gasteiger charge is -2.22. The van der Waals surface area contributed by atoms with Gasteiger partial charge in [-0.15, -0.1) is 0 Å². The molecule has 1 aliphatic carbocycles. The van der Waals surface area contributed by atoms with E-state index in [1.54, 1.807) is 24.3 Å². The van der Waals surface area contributed by atoms with Crippen LogP contribution in [0.1, 0.15) is 48.0 Å². The zero-order valence-electron chi connectivity index (χ0n) is 20.0. The van der Waals surface area contributed by atoms with Crippen LogP contribution in [0.2, 0.25) is 0 Å². The van der Waals surface area contributed by atoms with Crippen LogP contribution in [0.15, 0.2) is 78.9 Å². The molecule has 3 aromatic carbocycles. The standard InChI is InChI=1S/C29H33N3O3/c33-28(31-25-16-14-23(15-17-25)29(34)32-24-10-5-2-6-11-24)21-30-26-12-7-13-27(20-26)35-19-18-22-8-3-1-4-9-22/h1,3-4,7-9,12-17,20,24,30H,2,5-6,10-11,18-19,21H2,(H,31,33)(H,32,34). The molecule has 0 aromatic heterocycles. The van der Waals surface area contributed by atoms with Gasteiger partial charge in [0.15, 0.2) is 0 Å². The fourth-order valence-electron chi connectivity index (χ4n) is 4.24. The molecule has 0 heterocycles. The van der Waals surface area contributed by atoms with Crippen molar-refractivity contribution in [3.63, 3.8) is 0 Å². The Hall–Kier alpha value is -3.80. The summed E-state index contributed by atoms with van der Waals surface area (Å²) in [5.74, 6) is 0.538. The van der Waals surface area contributed by atoms with E-state index in [9.17, 15) is 9.59 Å². The summed E-state index contributed by atoms with van der Waals surface area (Å²) >= 11 is 0. The molecule has 0 aliphatic heterocycles. The molecule has 1 aliphatic rings. The van der Waals surface area contributed by atoms with Crippen molar-refractivity contribution < 1.29 is 14.3 Å². The smallest absolute Gasteiger partial charge is 0.251 e. The lowest BCUT2D eigenvalue weighted by molar-refractivity contribution is -0.114. The van der Waals surface area contributed by atoms with E-state index in [1.165, 1.54) is 24.8 Å². The molecule has 1 fully saturated rings. The number of amides is 2. The van der Waals surface area contributed by atoms with Gasteiger partial charge in [-0.25, -0.2) is 0 Å². The lowest BCUT2D eigenvalue weighted by atomic mass is 9.95. The molecular weight excluding hydrogens is 438 g/mol. The second-order valence-corrected chi connectivity index (χ2v) is 8.90. The number of benzene rings is 3. The van der Waals surface area contributed by atoms with Gasteiger partial charge in [0.1, 0.15) is 5.75 Å². The molecule has 1 saturated carbocycles. The fourth-order valence-corrected chi connectivity index (χ4v) is 4.24. The van der Waals surface area contributed by atoms with Crippen LogP contribution in [0.4, 0.5) is 11.4 Å². The zero-order chi connectivity index (χ0) is 24.3. The molecule has 3 N–H and O–H groups in total. The van der Waals surface area contributed by atoms with Gasteiger partial charge in [0.2, 0.25) is 5.91 Å². The molecule has 0 saturated heterocycles. The quantitative estimate of drug-likeness (QED) is 0.369. The summed E-state index contributed by atoms with van der Waals surface area (Å²) in [6.45, 7) is 0.708. The number of carbonyl (C=O) groups is 2. The molecule has 0 spiro atoms. The first-order valence-corrected chi connectivity index (χ1v) is 12.4. The minimum absolute atomic E-state index is 0.0534. The molecule has 0 bridgehead atoms. The predicted octanol–water partition coefficient (Wildman–Crippen LogP) is 5.42. The van der Waals surface area contributed by atoms with Crippen molar-refractivity contribution in [1.82, 2.24) is 5.32 Å². The molecule has 6 nitrogen and oxygen atoms in total. The summed E-state index contributed by atoms with van der Waals surface area (Å²) in [6.07, 6.45) is 6.54. The molecule has 0 atom stereocenters. The Morgan fingerprint density at radius 2 is 1.60 bits per heavy atom. The van der Waals surface area contributed by atoms with Crippen LogP contribution in [-0.2, 0) is 11.2 Å². The van der Waals surface area contributed by atoms with Gasteiger partial charge in [-0.05, 0) is 54.8 Å². The van der Waals surface area contributed by atoms with Crippen LogP contribution < -0.4 is 20.7 Å². The Labute approximate surface area is 207 Å². The van der Waals surface area contributed by atoms with E-state index in [1.807, 2.05) is 42.5 Å². The summed E-state index contributed by atoms with van der Waals surface area (Å²) in [5.41, 5.74) is 3.31. The van der Waals surface area contributed by atoms with E-state index in [0.717, 1.165) is 30.7 Å². The summed E-state index contributed by atoms with van der Waals surface area (Å²) in [6, 6.07) is 25.1. The molecule has 2 amide bonds. The van der Waals surface area contributed by atoms with Crippen molar-refractivity contribution in [1.29, 1.82) is 0 Å². The fraction of sp³-hybridized carbons (Fsp3) is 0.310. The van der Waals surface area contributed by atoms with Crippen molar-refractivity contribution in [2.45, 2.75) is 44.6 Å². The Bertz CT molecular complexity index is 1090. The van der Waals surface area contributed by atoms with Gasteiger partial charge >= 0.3 is 0 Å². The average molecular weight is 472 g/mol. The van der Waals surface area contributed by atoms with Gasteiger partial charge in [-0.1, -0.05) is 55.7 Å². The van der Waals surface area contributed by atoms with Crippen molar-refractivity contribution in [3.8, 4) is 5.75 Å². The molecular formula is C29H33N3O3. The summed E-state index contributed by atoms with van der Waals surface area (Å²) < 4.78 is 5.86. The van der Waals surface area contributed by atoms with Crippen molar-refractivity contribution in [3.05, 3.63) is 90.0 Å². The number of nitrogens with one attached hydrogen (secondary N) is 3. The number of anilines is 2. The number of carbonyl (C=O) groups excluding carboxylic acids is 2. The van der Waals surface area contributed by atoms with Gasteiger partial charge in [0.05, 0.1) is 13.2 Å². The monoisotopic (exact) mass is 471 g/mol. The lowest BCUT2D eigenvalue weighted by Crippen LogP contribution is -2.36. The minimum atomic E-state index is -0.167. The van der Waals surface area contributed by atoms with E-state index in [0.29, 0.717) is 17.9 Å². The third kappa shape index (κ3) is 7.88. The van der Waals surface area contributed by atoms with Crippen molar-refractivity contribution >= 4 is 23.2 Å². The number of ether oxygens (including phenoxy) is 1. The molecule has 0 unspecified atom stereocenters. The highest BCUT2D eigenvalue weighted by Gasteiger charge is 2.16. The van der Waals surface area contributed by atoms with Crippen LogP contribution in [0.25, 0.3) is 0 Å². The first-order valence-electron chi connectivity index (χ1n) is 12.4. The van der Waals surface area contributed by atoms with Crippen LogP contribution in [-0.4, -0.2) is 31.0 Å². The normalized spacial score (nSPS) is 13.6. The molecule has 35 heavy (non-hydrogen) atoms. The van der Waals surface area contributed by atoms with Crippen molar-refractivity contribution in [2.24, 2.45) is 0 Å². The van der Waals surface area contributed by atoms with Crippen LogP contribution in [0.3, 0.4) is 0 Å². The zero-order valence-corrected chi connectivity index (χ0v) is 20.0. The van der Waals surface area contributed by atoms with Crippen LogP contribution >= 0.6 is 0 Å². The largest absolute Gasteiger partial charge is 0.493 e.